The van der Waals surface area contributed by atoms with E-state index in [9.17, 15) is 9.59 Å². The van der Waals surface area contributed by atoms with Gasteiger partial charge in [-0.3, -0.25) is 9.59 Å². The van der Waals surface area contributed by atoms with Crippen molar-refractivity contribution in [2.45, 2.75) is 52.0 Å². The van der Waals surface area contributed by atoms with Crippen molar-refractivity contribution in [3.05, 3.63) is 77.5 Å². The third kappa shape index (κ3) is 7.57. The van der Waals surface area contributed by atoms with Gasteiger partial charge in [0.1, 0.15) is 11.3 Å². The summed E-state index contributed by atoms with van der Waals surface area (Å²) in [5.74, 6) is 0.957. The lowest BCUT2D eigenvalue weighted by Crippen LogP contribution is -2.23. The number of esters is 1. The summed E-state index contributed by atoms with van der Waals surface area (Å²) in [5.41, 5.74) is 10.0. The Morgan fingerprint density at radius 2 is 1.93 bits per heavy atom. The number of fused-ring (bicyclic) bond motifs is 1. The van der Waals surface area contributed by atoms with Crippen LogP contribution in [0.2, 0.25) is 0 Å². The molecule has 210 valence electrons. The van der Waals surface area contributed by atoms with Gasteiger partial charge in [-0.05, 0) is 29.7 Å². The molecule has 0 bridgehead atoms. The minimum Gasteiger partial charge on any atom is -0.496 e. The van der Waals surface area contributed by atoms with Crippen molar-refractivity contribution < 1.29 is 23.8 Å². The number of anilines is 2. The molecule has 1 atom stereocenters. The molecule has 2 heterocycles. The summed E-state index contributed by atoms with van der Waals surface area (Å²) < 4.78 is 18.4. The summed E-state index contributed by atoms with van der Waals surface area (Å²) in [6.45, 7) is 3.61. The molecule has 0 amide bonds. The average Bonchev–Trinajstić information content (AvgIpc) is 3.36. The van der Waals surface area contributed by atoms with Crippen molar-refractivity contribution in [2.24, 2.45) is 0 Å². The van der Waals surface area contributed by atoms with Gasteiger partial charge in [-0.1, -0.05) is 62.2 Å². The number of nitrogens with zero attached hydrogens (tertiary/aromatic N) is 3. The lowest BCUT2D eigenvalue weighted by atomic mass is 10.1. The monoisotopic (exact) mass is 545 g/mol. The number of hydrogen-bond donors (Lipinski definition) is 2. The molecule has 0 saturated heterocycles. The maximum atomic E-state index is 12.5. The fourth-order valence-electron chi connectivity index (χ4n) is 4.37. The van der Waals surface area contributed by atoms with Gasteiger partial charge in [0.05, 0.1) is 32.2 Å². The number of carbonyl (C=O) groups excluding carboxylic acids is 2. The predicted octanol–water partition coefficient (Wildman–Crippen LogP) is 4.50. The second-order valence-electron chi connectivity index (χ2n) is 9.36. The maximum Gasteiger partial charge on any atom is 0.312 e. The summed E-state index contributed by atoms with van der Waals surface area (Å²) >= 11 is 0. The van der Waals surface area contributed by atoms with Crippen LogP contribution in [0.3, 0.4) is 0 Å². The van der Waals surface area contributed by atoms with E-state index in [4.69, 9.17) is 19.9 Å². The summed E-state index contributed by atoms with van der Waals surface area (Å²) in [5, 5.41) is 3.40. The van der Waals surface area contributed by atoms with Gasteiger partial charge < -0.3 is 29.8 Å². The molecule has 2 aromatic heterocycles. The lowest BCUT2D eigenvalue weighted by molar-refractivity contribution is -0.180. The highest BCUT2D eigenvalue weighted by molar-refractivity contribution is 5.87. The first-order valence-corrected chi connectivity index (χ1v) is 13.3. The molecule has 0 spiro atoms. The molecule has 40 heavy (non-hydrogen) atoms. The van der Waals surface area contributed by atoms with Crippen LogP contribution in [0.25, 0.3) is 11.0 Å². The second kappa shape index (κ2) is 14.1. The predicted molar refractivity (Wildman–Crippen MR) is 153 cm³/mol. The van der Waals surface area contributed by atoms with Gasteiger partial charge in [-0.15, -0.1) is 0 Å². The van der Waals surface area contributed by atoms with Crippen LogP contribution < -0.4 is 15.8 Å². The quantitative estimate of drug-likeness (QED) is 0.0959. The minimum atomic E-state index is -1.28. The zero-order valence-electron chi connectivity index (χ0n) is 22.8. The van der Waals surface area contributed by atoms with Crippen molar-refractivity contribution in [3.8, 4) is 5.75 Å². The van der Waals surface area contributed by atoms with Crippen LogP contribution in [0.1, 0.15) is 42.9 Å². The van der Waals surface area contributed by atoms with E-state index in [-0.39, 0.29) is 19.0 Å². The van der Waals surface area contributed by atoms with Gasteiger partial charge in [0.15, 0.2) is 12.1 Å². The Bertz CT molecular complexity index is 1420. The molecular weight excluding hydrogens is 510 g/mol. The van der Waals surface area contributed by atoms with Crippen molar-refractivity contribution in [1.82, 2.24) is 14.5 Å². The molecule has 0 fully saturated rings. The highest BCUT2D eigenvalue weighted by atomic mass is 16.7. The minimum absolute atomic E-state index is 0.0406. The van der Waals surface area contributed by atoms with Gasteiger partial charge in [0, 0.05) is 18.3 Å². The molecule has 0 aliphatic carbocycles. The SMILES string of the molecule is CCCCCNc1nc(N)nc2ccn(Cc3ccc(CC(=O)OC(C=O)OCc4ccccc4)cc3OC)c12. The second-order valence-corrected chi connectivity index (χ2v) is 9.36. The number of nitrogen functional groups attached to an aromatic ring is 1. The fraction of sp³-hybridized carbons (Fsp3) is 0.333. The topological polar surface area (TPSA) is 131 Å². The highest BCUT2D eigenvalue weighted by Gasteiger charge is 2.17. The van der Waals surface area contributed by atoms with Crippen LogP contribution in [0.5, 0.6) is 5.75 Å². The number of methoxy groups -OCH3 is 1. The molecule has 0 saturated carbocycles. The number of unbranched alkanes of at least 4 members (excludes halogenated alkanes) is 2. The molecular formula is C30H35N5O5. The number of nitrogens with one attached hydrogen (secondary N) is 1. The molecule has 3 N–H and O–H groups in total. The average molecular weight is 546 g/mol. The van der Waals surface area contributed by atoms with Gasteiger partial charge in [-0.25, -0.2) is 4.98 Å². The Labute approximate surface area is 233 Å². The zero-order chi connectivity index (χ0) is 28.3. The Kier molecular flexibility index (Phi) is 10.1. The van der Waals surface area contributed by atoms with E-state index < -0.39 is 12.3 Å². The molecule has 0 aliphatic rings. The Morgan fingerprint density at radius 3 is 2.67 bits per heavy atom. The van der Waals surface area contributed by atoms with E-state index >= 15 is 0 Å². The number of aldehydes is 1. The Morgan fingerprint density at radius 1 is 1.10 bits per heavy atom. The lowest BCUT2D eigenvalue weighted by Gasteiger charge is -2.15. The van der Waals surface area contributed by atoms with Crippen LogP contribution >= 0.6 is 0 Å². The third-order valence-electron chi connectivity index (χ3n) is 6.36. The molecule has 0 radical (unpaired) electrons. The summed E-state index contributed by atoms with van der Waals surface area (Å²) in [6, 6.07) is 16.8. The number of aromatic nitrogens is 3. The third-order valence-corrected chi connectivity index (χ3v) is 6.36. The van der Waals surface area contributed by atoms with E-state index in [0.717, 1.165) is 48.0 Å². The zero-order valence-corrected chi connectivity index (χ0v) is 22.8. The number of ether oxygens (including phenoxy) is 3. The maximum absolute atomic E-state index is 12.5. The first-order chi connectivity index (χ1) is 19.5. The molecule has 0 aliphatic heterocycles. The molecule has 1 unspecified atom stereocenters. The van der Waals surface area contributed by atoms with Crippen LogP contribution in [0.15, 0.2) is 60.8 Å². The van der Waals surface area contributed by atoms with Gasteiger partial charge in [0.25, 0.3) is 6.29 Å². The first-order valence-electron chi connectivity index (χ1n) is 13.3. The summed E-state index contributed by atoms with van der Waals surface area (Å²) in [6.07, 6.45) is 4.38. The van der Waals surface area contributed by atoms with Crippen LogP contribution in [-0.4, -0.2) is 46.7 Å². The Balaban J connectivity index is 1.43. The van der Waals surface area contributed by atoms with Gasteiger partial charge >= 0.3 is 5.97 Å². The smallest absolute Gasteiger partial charge is 0.312 e. The van der Waals surface area contributed by atoms with Gasteiger partial charge in [-0.2, -0.15) is 4.98 Å². The van der Waals surface area contributed by atoms with Crippen LogP contribution in [0.4, 0.5) is 11.8 Å². The number of rotatable bonds is 15. The van der Waals surface area contributed by atoms with E-state index in [0.29, 0.717) is 30.0 Å². The van der Waals surface area contributed by atoms with Gasteiger partial charge in [0.2, 0.25) is 5.95 Å². The summed E-state index contributed by atoms with van der Waals surface area (Å²) in [4.78, 5) is 32.7. The Hall–Kier alpha value is -4.44. The molecule has 10 heteroatoms. The fourth-order valence-corrected chi connectivity index (χ4v) is 4.37. The largest absolute Gasteiger partial charge is 0.496 e. The van der Waals surface area contributed by atoms with Crippen LogP contribution in [0, 0.1) is 0 Å². The standard InChI is InChI=1S/C30H35N5O5/c1-3-4-8-14-32-29-28-24(33-30(31)34-29)13-15-35(28)18-23-12-11-22(16-25(23)38-2)17-26(37)40-27(19-36)39-20-21-9-6-5-7-10-21/h5-7,9-13,15-16,19,27H,3-4,8,14,17-18,20H2,1-2H3,(H3,31,32,33,34). The van der Waals surface area contributed by atoms with Crippen molar-refractivity contribution in [1.29, 1.82) is 0 Å². The number of hydrogen-bond acceptors (Lipinski definition) is 9. The van der Waals surface area contributed by atoms with Crippen LogP contribution in [-0.2, 0) is 38.6 Å². The summed E-state index contributed by atoms with van der Waals surface area (Å²) in [7, 11) is 1.58. The van der Waals surface area contributed by atoms with Crippen molar-refractivity contribution in [2.75, 3.05) is 24.7 Å². The normalized spacial score (nSPS) is 11.8. The molecule has 4 rings (SSSR count). The van der Waals surface area contributed by atoms with E-state index in [2.05, 4.69) is 22.2 Å². The molecule has 2 aromatic carbocycles. The van der Waals surface area contributed by atoms with E-state index in [1.165, 1.54) is 0 Å². The number of carbonyl (C=O) groups is 2. The van der Waals surface area contributed by atoms with E-state index in [1.54, 1.807) is 13.2 Å². The highest BCUT2D eigenvalue weighted by Crippen LogP contribution is 2.27. The van der Waals surface area contributed by atoms with Crippen molar-refractivity contribution in [3.63, 3.8) is 0 Å². The molecule has 10 nitrogen and oxygen atoms in total. The number of benzene rings is 2. The van der Waals surface area contributed by atoms with Crippen molar-refractivity contribution >= 4 is 35.1 Å². The number of nitrogens with two attached hydrogens (primary N) is 1. The molecule has 4 aromatic rings. The van der Waals surface area contributed by atoms with E-state index in [1.807, 2.05) is 59.3 Å². The first kappa shape index (κ1) is 28.6.